The highest BCUT2D eigenvalue weighted by Crippen LogP contribution is 2.47. The van der Waals surface area contributed by atoms with Gasteiger partial charge in [-0.15, -0.1) is 0 Å². The van der Waals surface area contributed by atoms with Crippen LogP contribution >= 0.6 is 23.2 Å². The van der Waals surface area contributed by atoms with Gasteiger partial charge in [0.15, 0.2) is 0 Å². The van der Waals surface area contributed by atoms with Gasteiger partial charge in [-0.2, -0.15) is 10.5 Å². The van der Waals surface area contributed by atoms with E-state index in [-0.39, 0.29) is 51.8 Å². The number of nitrogens with zero attached hydrogens (tertiary/aromatic N) is 5. The Morgan fingerprint density at radius 1 is 0.521 bits per heavy atom. The van der Waals surface area contributed by atoms with Crippen LogP contribution < -0.4 is 31.9 Å². The largest absolute Gasteiger partial charge is 0.394 e. The Hall–Kier alpha value is -9.50. The minimum absolute atomic E-state index is 0.0319. The zero-order valence-electron chi connectivity index (χ0n) is 53.6. The number of Topliss-reactive ketones (excluding diaryl/α,β-unsaturated/α-hetero) is 3. The van der Waals surface area contributed by atoms with Gasteiger partial charge in [-0.3, -0.25) is 43.2 Å². The van der Waals surface area contributed by atoms with E-state index in [2.05, 4.69) is 31.9 Å². The molecule has 0 saturated heterocycles. The molecule has 0 radical (unpaired) electrons. The average molecular weight is 1370 g/mol. The molecule has 6 aromatic rings. The third-order valence-corrected chi connectivity index (χ3v) is 18.5. The van der Waals surface area contributed by atoms with Crippen molar-refractivity contribution in [3.05, 3.63) is 155 Å². The number of alkyl halides is 4. The second-order valence-corrected chi connectivity index (χ2v) is 26.4. The maximum Gasteiger partial charge on any atom is 0.293 e. The number of halogens is 7. The van der Waals surface area contributed by atoms with Crippen molar-refractivity contribution in [2.45, 2.75) is 168 Å². The topological polar surface area (TPSA) is 308 Å². The van der Waals surface area contributed by atoms with Crippen molar-refractivity contribution in [3.63, 3.8) is 0 Å². The first-order valence-electron chi connectivity index (χ1n) is 30.7. The number of carbonyl (C=O) groups is 9. The molecule has 21 nitrogen and oxygen atoms in total. The van der Waals surface area contributed by atoms with Crippen LogP contribution in [-0.2, 0) is 53.3 Å². The van der Waals surface area contributed by atoms with Gasteiger partial charge in [0.25, 0.3) is 64.6 Å². The Morgan fingerprint density at radius 2 is 0.833 bits per heavy atom. The zero-order chi connectivity index (χ0) is 70.5. The van der Waals surface area contributed by atoms with E-state index < -0.39 is 107 Å². The van der Waals surface area contributed by atoms with Crippen LogP contribution in [0.25, 0.3) is 0 Å². The number of aliphatic hydroxyl groups excluding tert-OH is 1. The number of aromatic nitrogens is 3. The molecule has 6 amide bonds. The monoisotopic (exact) mass is 1360 g/mol. The minimum atomic E-state index is -3.07. The van der Waals surface area contributed by atoms with Crippen molar-refractivity contribution in [2.75, 3.05) is 22.6 Å². The number of rotatable bonds is 16. The van der Waals surface area contributed by atoms with Crippen LogP contribution in [0.1, 0.15) is 172 Å². The number of aliphatic hydroxyl groups is 1. The lowest BCUT2D eigenvalue weighted by Crippen LogP contribution is -2.62. The molecule has 2 aliphatic carbocycles. The van der Waals surface area contributed by atoms with E-state index in [0.29, 0.717) is 113 Å². The third-order valence-electron chi connectivity index (χ3n) is 17.7. The first kappa shape index (κ1) is 70.8. The van der Waals surface area contributed by atoms with Crippen molar-refractivity contribution in [3.8, 4) is 12.1 Å². The van der Waals surface area contributed by atoms with Gasteiger partial charge in [-0.1, -0.05) is 41.4 Å². The zero-order valence-corrected chi connectivity index (χ0v) is 55.1. The molecule has 3 aromatic heterocycles. The van der Waals surface area contributed by atoms with Crippen LogP contribution in [0.3, 0.4) is 0 Å². The molecule has 3 aromatic carbocycles. The summed E-state index contributed by atoms with van der Waals surface area (Å²) in [5, 5.41) is 44.0. The summed E-state index contributed by atoms with van der Waals surface area (Å²) < 4.78 is 72.3. The van der Waals surface area contributed by atoms with Crippen LogP contribution in [0, 0.1) is 70.0 Å². The van der Waals surface area contributed by atoms with E-state index in [1.165, 1.54) is 19.1 Å². The molecule has 2 fully saturated rings. The molecule has 0 atom stereocenters. The summed E-state index contributed by atoms with van der Waals surface area (Å²) in [5.74, 6) is -13.7. The number of amides is 6. The molecule has 6 heterocycles. The molecule has 0 bridgehead atoms. The number of fused-ring (bicyclic) bond motifs is 3. The summed E-state index contributed by atoms with van der Waals surface area (Å²) in [6.45, 7) is 14.6. The number of ketones is 3. The van der Waals surface area contributed by atoms with Gasteiger partial charge in [0, 0.05) is 89.5 Å². The van der Waals surface area contributed by atoms with E-state index in [4.69, 9.17) is 23.2 Å². The standard InChI is InChI=1S/C23H21ClF2N4O3.C23H21F3N4O3.C22H26ClN3O4/c2*1-12-5-6-14(8-15(12)24)28-20(32)18-13(2)17(16-4-3-7-30(16)18)19(31)21(33)29-22(11-27)9-23(25,26)10-22;1-12-7-8-14(10-15(12)23)24-20(29)18-13(2)17(16-6-5-9-26(16)18)19(28)21(30)25-22(3,4)11-27/h2*5-6,8H,3-4,7,9-10H2,1-2H3,(H,28,32)(H,29,33);7-8,10,27H,5-6,9,11H2,1-4H3,(H,24,29)(H,25,30). The van der Waals surface area contributed by atoms with Crippen molar-refractivity contribution >= 4 is 93.1 Å². The Labute approximate surface area is 558 Å². The number of anilines is 3. The van der Waals surface area contributed by atoms with Crippen LogP contribution in [0.4, 0.5) is 39.0 Å². The van der Waals surface area contributed by atoms with Crippen molar-refractivity contribution < 1.29 is 70.2 Å². The highest BCUT2D eigenvalue weighted by atomic mass is 35.5. The Kier molecular flexibility index (Phi) is 19.9. The molecule has 2 saturated carbocycles. The molecule has 3 aliphatic heterocycles. The van der Waals surface area contributed by atoms with Crippen LogP contribution in [0.5, 0.6) is 0 Å². The van der Waals surface area contributed by atoms with Gasteiger partial charge in [0.1, 0.15) is 34.0 Å². The summed E-state index contributed by atoms with van der Waals surface area (Å²) in [6, 6.07) is 18.0. The summed E-state index contributed by atoms with van der Waals surface area (Å²) >= 11 is 12.3. The molecule has 504 valence electrons. The number of benzene rings is 3. The normalized spacial score (nSPS) is 16.1. The second-order valence-electron chi connectivity index (χ2n) is 25.6. The fourth-order valence-corrected chi connectivity index (χ4v) is 13.2. The number of hydrogen-bond acceptors (Lipinski definition) is 12. The van der Waals surface area contributed by atoms with Crippen LogP contribution in [0.2, 0.25) is 10.0 Å². The molecule has 0 unspecified atom stereocenters. The highest BCUT2D eigenvalue weighted by molar-refractivity contribution is 6.45. The van der Waals surface area contributed by atoms with E-state index in [0.717, 1.165) is 17.5 Å². The molecular weight excluding hydrogens is 1300 g/mol. The predicted octanol–water partition coefficient (Wildman–Crippen LogP) is 10.4. The summed E-state index contributed by atoms with van der Waals surface area (Å²) in [6.07, 6.45) is 0.270. The fourth-order valence-electron chi connectivity index (χ4n) is 12.9. The van der Waals surface area contributed by atoms with E-state index in [1.807, 2.05) is 24.5 Å². The van der Waals surface area contributed by atoms with E-state index in [9.17, 15) is 80.7 Å². The Balaban J connectivity index is 0.000000169. The molecular formula is C68H68Cl2F5N11O10. The molecule has 7 N–H and O–H groups in total. The first-order chi connectivity index (χ1) is 45.0. The van der Waals surface area contributed by atoms with Crippen LogP contribution in [-0.4, -0.2) is 107 Å². The number of nitrogens with one attached hydrogen (secondary N) is 6. The summed E-state index contributed by atoms with van der Waals surface area (Å²) in [4.78, 5) is 116. The van der Waals surface area contributed by atoms with Gasteiger partial charge in [-0.25, -0.2) is 22.0 Å². The maximum atomic E-state index is 13.9. The van der Waals surface area contributed by atoms with E-state index in [1.54, 1.807) is 92.3 Å². The third kappa shape index (κ3) is 14.2. The quantitative estimate of drug-likeness (QED) is 0.0270. The average Bonchev–Trinajstić information content (AvgIpc) is 1.37. The molecule has 11 rings (SSSR count). The van der Waals surface area contributed by atoms with Gasteiger partial charge >= 0.3 is 0 Å². The van der Waals surface area contributed by atoms with Crippen molar-refractivity contribution in [1.82, 2.24) is 29.7 Å². The molecule has 5 aliphatic rings. The lowest BCUT2D eigenvalue weighted by molar-refractivity contribution is -0.135. The smallest absolute Gasteiger partial charge is 0.293 e. The molecule has 96 heavy (non-hydrogen) atoms. The number of nitriles is 2. The lowest BCUT2D eigenvalue weighted by atomic mass is 9.74. The van der Waals surface area contributed by atoms with Gasteiger partial charge in [0.2, 0.25) is 0 Å². The Bertz CT molecular complexity index is 4190. The lowest BCUT2D eigenvalue weighted by Gasteiger charge is -2.42. The fraction of sp³-hybridized carbons (Fsp3) is 0.397. The summed E-state index contributed by atoms with van der Waals surface area (Å²) in [7, 11) is 0. The number of aryl methyl sites for hydroxylation is 3. The van der Waals surface area contributed by atoms with Gasteiger partial charge in [-0.05, 0) is 164 Å². The van der Waals surface area contributed by atoms with Crippen molar-refractivity contribution in [1.29, 1.82) is 10.5 Å². The maximum absolute atomic E-state index is 13.9. The summed E-state index contributed by atoms with van der Waals surface area (Å²) in [5.41, 5.74) is 2.96. The van der Waals surface area contributed by atoms with Crippen LogP contribution in [0.15, 0.2) is 54.6 Å². The SMILES string of the molecule is Cc1ccc(NC(=O)c2c(C)c(C(=O)C(=O)NC(C)(C)CO)c3n2CCC3)cc1Cl.Cc1ccc(NC(=O)c2c(C)c(C(=O)C(=O)NC3(C#N)CC(F)(F)C3)c3n2CCC3)cc1Cl.Cc1ccc(NC(=O)c2c(C)c(C(=O)C(=O)NC3(C#N)CC(F)(F)C3)c3n2CCC3)cc1F. The predicted molar refractivity (Wildman–Crippen MR) is 343 cm³/mol. The van der Waals surface area contributed by atoms with Gasteiger partial charge in [0.05, 0.1) is 41.0 Å². The number of carbonyl (C=O) groups excluding carboxylic acids is 9. The van der Waals surface area contributed by atoms with Crippen molar-refractivity contribution in [2.24, 2.45) is 0 Å². The highest BCUT2D eigenvalue weighted by Gasteiger charge is 2.60. The first-order valence-corrected chi connectivity index (χ1v) is 31.4. The van der Waals surface area contributed by atoms with E-state index >= 15 is 0 Å². The Morgan fingerprint density at radius 3 is 1.12 bits per heavy atom. The van der Waals surface area contributed by atoms with Gasteiger partial charge < -0.3 is 50.7 Å². The second kappa shape index (κ2) is 27.0. The molecule has 0 spiro atoms. The number of hydrogen-bond donors (Lipinski definition) is 7. The molecule has 28 heteroatoms. The minimum Gasteiger partial charge on any atom is -0.394 e.